The second-order valence-electron chi connectivity index (χ2n) is 9.53. The van der Waals surface area contributed by atoms with Crippen LogP contribution in [0.15, 0.2) is 72.9 Å². The molecule has 1 N–H and O–H groups in total. The van der Waals surface area contributed by atoms with Crippen LogP contribution in [0.25, 0.3) is 0 Å². The maximum absolute atomic E-state index is 11.0. The number of halogens is 1. The quantitative estimate of drug-likeness (QED) is 0.0355. The molecule has 4 nitrogen and oxygen atoms in total. The van der Waals surface area contributed by atoms with Crippen LogP contribution in [0.4, 0.5) is 0 Å². The number of allylic oxidation sites excluding steroid dienone is 8. The highest BCUT2D eigenvalue weighted by Gasteiger charge is 2.00. The molecule has 0 aliphatic carbocycles. The van der Waals surface area contributed by atoms with Crippen molar-refractivity contribution in [1.82, 2.24) is 0 Å². The lowest BCUT2D eigenvalue weighted by Gasteiger charge is -2.04. The number of hydrogen-bond acceptors (Lipinski definition) is 4. The third-order valence-electron chi connectivity index (χ3n) is 6.09. The summed E-state index contributed by atoms with van der Waals surface area (Å²) in [5.74, 6) is -0.0869. The molecule has 0 saturated carbocycles. The van der Waals surface area contributed by atoms with Crippen LogP contribution in [0.2, 0.25) is 0 Å². The molecule has 0 bridgehead atoms. The maximum atomic E-state index is 11.0. The average Bonchev–Trinajstić information content (AvgIpc) is 2.93. The molecule has 2 atom stereocenters. The number of unbranched alkanes of at least 4 members (excludes halogenated alkanes) is 10. The van der Waals surface area contributed by atoms with Crippen LogP contribution in [0.5, 0.6) is 0 Å². The highest BCUT2D eigenvalue weighted by molar-refractivity contribution is 14.1. The molecule has 0 rings (SSSR count). The zero-order valence-electron chi connectivity index (χ0n) is 23.9. The van der Waals surface area contributed by atoms with Crippen molar-refractivity contribution < 1.29 is 17.7 Å². The lowest BCUT2D eigenvalue weighted by molar-refractivity contribution is -0.140. The van der Waals surface area contributed by atoms with Gasteiger partial charge in [0.25, 0.3) is 0 Å². The van der Waals surface area contributed by atoms with E-state index in [-0.39, 0.29) is 12.1 Å². The fourth-order valence-electron chi connectivity index (χ4n) is 3.80. The molecule has 38 heavy (non-hydrogen) atoms. The van der Waals surface area contributed by atoms with Gasteiger partial charge < -0.3 is 12.9 Å². The second-order valence-corrected chi connectivity index (χ2v) is 10.0. The van der Waals surface area contributed by atoms with E-state index in [9.17, 15) is 9.90 Å². The van der Waals surface area contributed by atoms with Gasteiger partial charge in [0.15, 0.2) is 0 Å². The van der Waals surface area contributed by atoms with E-state index in [2.05, 4.69) is 42.0 Å². The number of carbonyl (C=O) groups is 1. The van der Waals surface area contributed by atoms with Gasteiger partial charge in [-0.25, -0.2) is 0 Å². The molecule has 0 aliphatic heterocycles. The topological polar surface area (TPSA) is 55.8 Å². The SMILES string of the molecule is CC/C=C\C[C@@H](\C=C/C=C/C=C/[C@H](O)C/C=C\C/C=C\CCCCCCCCCCCCC(=O)OC)OI. The summed E-state index contributed by atoms with van der Waals surface area (Å²) in [6.07, 6.45) is 41.9. The molecule has 0 aliphatic rings. The van der Waals surface area contributed by atoms with Gasteiger partial charge in [0.2, 0.25) is 0 Å². The molecular weight excluding hydrogens is 587 g/mol. The number of esters is 1. The fraction of sp³-hybridized carbons (Fsp3) is 0.606. The Hall–Kier alpha value is -1.44. The van der Waals surface area contributed by atoms with Gasteiger partial charge in [0, 0.05) is 6.42 Å². The van der Waals surface area contributed by atoms with Crippen LogP contribution >= 0.6 is 23.0 Å². The molecule has 216 valence electrons. The van der Waals surface area contributed by atoms with Gasteiger partial charge in [-0.15, -0.1) is 0 Å². The van der Waals surface area contributed by atoms with Crippen molar-refractivity contribution in [1.29, 1.82) is 0 Å². The summed E-state index contributed by atoms with van der Waals surface area (Å²) in [5.41, 5.74) is 0. The molecule has 5 heteroatoms. The first kappa shape index (κ1) is 36.6. The van der Waals surface area contributed by atoms with Gasteiger partial charge in [0.05, 0.1) is 19.3 Å². The Morgan fingerprint density at radius 1 is 0.737 bits per heavy atom. The highest BCUT2D eigenvalue weighted by atomic mass is 127. The summed E-state index contributed by atoms with van der Waals surface area (Å²) in [6, 6.07) is 0. The minimum absolute atomic E-state index is 0.0837. The maximum Gasteiger partial charge on any atom is 0.305 e. The van der Waals surface area contributed by atoms with E-state index >= 15 is 0 Å². The lowest BCUT2D eigenvalue weighted by Crippen LogP contribution is -2.00. The molecule has 0 amide bonds. The summed E-state index contributed by atoms with van der Waals surface area (Å²) >= 11 is 1.94. The van der Waals surface area contributed by atoms with E-state index in [4.69, 9.17) is 3.07 Å². The van der Waals surface area contributed by atoms with Crippen molar-refractivity contribution in [2.45, 2.75) is 122 Å². The number of rotatable bonds is 25. The van der Waals surface area contributed by atoms with Crippen LogP contribution in [0.1, 0.15) is 110 Å². The predicted octanol–water partition coefficient (Wildman–Crippen LogP) is 9.85. The van der Waals surface area contributed by atoms with Gasteiger partial charge in [-0.2, -0.15) is 0 Å². The Labute approximate surface area is 247 Å². The molecule has 0 aromatic heterocycles. The van der Waals surface area contributed by atoms with E-state index in [1.165, 1.54) is 58.5 Å². The molecule has 0 radical (unpaired) electrons. The molecule has 0 fully saturated rings. The molecule has 0 unspecified atom stereocenters. The molecule has 0 heterocycles. The molecule has 0 aromatic rings. The summed E-state index contributed by atoms with van der Waals surface area (Å²) in [5, 5.41) is 10.1. The fourth-order valence-corrected chi connectivity index (χ4v) is 4.18. The third kappa shape index (κ3) is 27.6. The summed E-state index contributed by atoms with van der Waals surface area (Å²) in [6.45, 7) is 2.12. The predicted molar refractivity (Wildman–Crippen MR) is 171 cm³/mol. The van der Waals surface area contributed by atoms with Gasteiger partial charge in [-0.1, -0.05) is 131 Å². The normalized spacial score (nSPS) is 14.3. The van der Waals surface area contributed by atoms with E-state index in [0.29, 0.717) is 12.8 Å². The Bertz CT molecular complexity index is 706. The standard InChI is InChI=1S/C33H53IO4/c1-3-4-21-28-32(38-34)29-24-20-19-23-27-31(35)26-22-17-15-13-11-9-7-5-6-8-10-12-14-16-18-25-30-33(36)37-2/h4,11,13,17,19-24,27,29,31-32,35H,3,5-10,12,14-16,18,25-26,28,30H2,1-2H3/b13-11-,20-19+,21-4-,22-17-,27-23+,29-24-/t31-,32+/m1/s1. The number of methoxy groups -OCH3 is 1. The van der Waals surface area contributed by atoms with Crippen molar-refractivity contribution in [2.75, 3.05) is 7.11 Å². The van der Waals surface area contributed by atoms with Crippen LogP contribution in [-0.4, -0.2) is 30.4 Å². The van der Waals surface area contributed by atoms with E-state index in [1.54, 1.807) is 0 Å². The van der Waals surface area contributed by atoms with Gasteiger partial charge in [-0.3, -0.25) is 4.79 Å². The number of ether oxygens (including phenoxy) is 1. The van der Waals surface area contributed by atoms with Crippen molar-refractivity contribution in [3.63, 3.8) is 0 Å². The second kappa shape index (κ2) is 30.1. The minimum atomic E-state index is -0.458. The minimum Gasteiger partial charge on any atom is -0.469 e. The number of aliphatic hydroxyl groups is 1. The Balaban J connectivity index is 3.63. The first-order valence-electron chi connectivity index (χ1n) is 14.6. The van der Waals surface area contributed by atoms with Crippen LogP contribution in [-0.2, 0) is 12.6 Å². The third-order valence-corrected chi connectivity index (χ3v) is 6.74. The zero-order valence-corrected chi connectivity index (χ0v) is 26.1. The first-order valence-corrected chi connectivity index (χ1v) is 15.5. The average molecular weight is 641 g/mol. The zero-order chi connectivity index (χ0) is 27.9. The van der Waals surface area contributed by atoms with Gasteiger partial charge in [-0.05, 0) is 44.9 Å². The molecule has 0 saturated heterocycles. The van der Waals surface area contributed by atoms with Crippen LogP contribution < -0.4 is 0 Å². The smallest absolute Gasteiger partial charge is 0.305 e. The Kier molecular flexibility index (Phi) is 29.0. The van der Waals surface area contributed by atoms with Crippen LogP contribution in [0, 0.1) is 0 Å². The number of aliphatic hydroxyl groups excluding tert-OH is 1. The first-order chi connectivity index (χ1) is 18.6. The summed E-state index contributed by atoms with van der Waals surface area (Å²) in [4.78, 5) is 11.0. The monoisotopic (exact) mass is 640 g/mol. The van der Waals surface area contributed by atoms with E-state index in [0.717, 1.165) is 38.5 Å². The number of carbonyl (C=O) groups excluding carboxylic acids is 1. The van der Waals surface area contributed by atoms with Crippen molar-refractivity contribution in [3.05, 3.63) is 72.9 Å². The summed E-state index contributed by atoms with van der Waals surface area (Å²) in [7, 11) is 1.46. The Morgan fingerprint density at radius 2 is 1.32 bits per heavy atom. The Morgan fingerprint density at radius 3 is 1.95 bits per heavy atom. The van der Waals surface area contributed by atoms with Gasteiger partial charge >= 0.3 is 5.97 Å². The van der Waals surface area contributed by atoms with Gasteiger partial charge in [0.1, 0.15) is 23.0 Å². The van der Waals surface area contributed by atoms with Crippen molar-refractivity contribution in [2.24, 2.45) is 0 Å². The largest absolute Gasteiger partial charge is 0.469 e. The molecular formula is C33H53IO4. The lowest BCUT2D eigenvalue weighted by atomic mass is 10.1. The molecule has 0 aromatic carbocycles. The van der Waals surface area contributed by atoms with Crippen LogP contribution in [0.3, 0.4) is 0 Å². The highest BCUT2D eigenvalue weighted by Crippen LogP contribution is 2.12. The van der Waals surface area contributed by atoms with E-state index < -0.39 is 6.10 Å². The summed E-state index contributed by atoms with van der Waals surface area (Å²) < 4.78 is 10.0. The number of hydrogen-bond donors (Lipinski definition) is 1. The van der Waals surface area contributed by atoms with Crippen molar-refractivity contribution >= 4 is 29.0 Å². The van der Waals surface area contributed by atoms with Crippen molar-refractivity contribution in [3.8, 4) is 0 Å². The van der Waals surface area contributed by atoms with E-state index in [1.807, 2.05) is 65.5 Å². The molecule has 0 spiro atoms.